The summed E-state index contributed by atoms with van der Waals surface area (Å²) in [6, 6.07) is 7.59. The summed E-state index contributed by atoms with van der Waals surface area (Å²) in [4.78, 5) is 19.7. The Kier molecular flexibility index (Phi) is 3.31. The summed E-state index contributed by atoms with van der Waals surface area (Å²) in [5.74, 6) is 2.06. The summed E-state index contributed by atoms with van der Waals surface area (Å²) in [6.45, 7) is 2.84. The molecule has 1 N–H and O–H groups in total. The summed E-state index contributed by atoms with van der Waals surface area (Å²) >= 11 is 0. The van der Waals surface area contributed by atoms with E-state index in [0.29, 0.717) is 24.7 Å². The lowest BCUT2D eigenvalue weighted by molar-refractivity contribution is -0.00384. The quantitative estimate of drug-likeness (QED) is 0.783. The molecule has 0 spiro atoms. The van der Waals surface area contributed by atoms with E-state index in [1.54, 1.807) is 12.4 Å². The van der Waals surface area contributed by atoms with Crippen molar-refractivity contribution in [1.82, 2.24) is 24.5 Å². The van der Waals surface area contributed by atoms with Gasteiger partial charge in [0.2, 0.25) is 0 Å². The number of anilines is 1. The number of hydrogen-bond donors (Lipinski definition) is 1. The van der Waals surface area contributed by atoms with E-state index in [0.717, 1.165) is 17.2 Å². The second kappa shape index (κ2) is 5.38. The molecule has 0 unspecified atom stereocenters. The zero-order valence-electron chi connectivity index (χ0n) is 13.6. The number of aryl methyl sites for hydroxylation is 2. The summed E-state index contributed by atoms with van der Waals surface area (Å²) in [6.07, 6.45) is 5.26. The molecule has 4 rings (SSSR count). The first-order valence-corrected chi connectivity index (χ1v) is 7.77. The minimum absolute atomic E-state index is 0.454. The van der Waals surface area contributed by atoms with Crippen LogP contribution in [0.2, 0.25) is 0 Å². The summed E-state index contributed by atoms with van der Waals surface area (Å²) in [7, 11) is 1.89. The predicted octanol–water partition coefficient (Wildman–Crippen LogP) is 1.29. The SMILES string of the molecule is Cc1cc(N2CC(O)(c3nccn3C)C2)nc(-c2ccccn2)n1. The van der Waals surface area contributed by atoms with Crippen molar-refractivity contribution in [3.05, 3.63) is 54.4 Å². The van der Waals surface area contributed by atoms with Crippen molar-refractivity contribution in [3.63, 3.8) is 0 Å². The molecule has 7 nitrogen and oxygen atoms in total. The minimum Gasteiger partial charge on any atom is -0.378 e. The van der Waals surface area contributed by atoms with Gasteiger partial charge in [0.25, 0.3) is 0 Å². The molecule has 3 aromatic heterocycles. The van der Waals surface area contributed by atoms with E-state index in [1.165, 1.54) is 0 Å². The standard InChI is InChI=1S/C17H18N6O/c1-12-9-14(21-15(20-12)13-5-3-4-6-18-13)23-10-17(24,11-23)16-19-7-8-22(16)2/h3-9,24H,10-11H2,1-2H3. The number of nitrogens with zero attached hydrogens (tertiary/aromatic N) is 6. The van der Waals surface area contributed by atoms with Gasteiger partial charge in [0.15, 0.2) is 11.4 Å². The molecule has 7 heteroatoms. The van der Waals surface area contributed by atoms with E-state index in [2.05, 4.69) is 19.9 Å². The van der Waals surface area contributed by atoms with E-state index in [-0.39, 0.29) is 0 Å². The van der Waals surface area contributed by atoms with Crippen molar-refractivity contribution in [3.8, 4) is 11.5 Å². The van der Waals surface area contributed by atoms with Crippen molar-refractivity contribution in [2.24, 2.45) is 7.05 Å². The molecule has 0 radical (unpaired) electrons. The van der Waals surface area contributed by atoms with Gasteiger partial charge in [-0.15, -0.1) is 0 Å². The van der Waals surface area contributed by atoms with Gasteiger partial charge in [-0.1, -0.05) is 6.07 Å². The monoisotopic (exact) mass is 322 g/mol. The average molecular weight is 322 g/mol. The van der Waals surface area contributed by atoms with E-state index in [4.69, 9.17) is 0 Å². The molecular formula is C17H18N6O. The smallest absolute Gasteiger partial charge is 0.180 e. The van der Waals surface area contributed by atoms with Crippen LogP contribution in [0.3, 0.4) is 0 Å². The molecule has 122 valence electrons. The first-order chi connectivity index (χ1) is 11.5. The Morgan fingerprint density at radius 2 is 1.96 bits per heavy atom. The zero-order chi connectivity index (χ0) is 16.7. The number of imidazole rings is 1. The van der Waals surface area contributed by atoms with Gasteiger partial charge in [0.1, 0.15) is 17.3 Å². The molecule has 0 aliphatic carbocycles. The van der Waals surface area contributed by atoms with Crippen LogP contribution in [0.5, 0.6) is 0 Å². The topological polar surface area (TPSA) is 80.0 Å². The highest BCUT2D eigenvalue weighted by atomic mass is 16.3. The molecule has 1 saturated heterocycles. The van der Waals surface area contributed by atoms with Gasteiger partial charge in [0.05, 0.1) is 13.1 Å². The third-order valence-corrected chi connectivity index (χ3v) is 4.20. The van der Waals surface area contributed by atoms with Gasteiger partial charge in [-0.25, -0.2) is 15.0 Å². The highest BCUT2D eigenvalue weighted by Crippen LogP contribution is 2.34. The predicted molar refractivity (Wildman–Crippen MR) is 89.3 cm³/mol. The molecule has 24 heavy (non-hydrogen) atoms. The molecule has 0 bridgehead atoms. The number of β-amino-alcohol motifs (C(OH)–C–C–N with tert-alkyl or cyclic N) is 1. The van der Waals surface area contributed by atoms with Crippen LogP contribution >= 0.6 is 0 Å². The summed E-state index contributed by atoms with van der Waals surface area (Å²) in [5, 5.41) is 10.8. The van der Waals surface area contributed by atoms with Crippen LogP contribution in [0.1, 0.15) is 11.5 Å². The number of hydrogen-bond acceptors (Lipinski definition) is 6. The normalized spacial score (nSPS) is 16.0. The van der Waals surface area contributed by atoms with Gasteiger partial charge in [-0.05, 0) is 19.1 Å². The molecule has 1 aliphatic rings. The number of pyridine rings is 1. The van der Waals surface area contributed by atoms with E-state index < -0.39 is 5.60 Å². The highest BCUT2D eigenvalue weighted by molar-refractivity contribution is 5.55. The summed E-state index contributed by atoms with van der Waals surface area (Å²) in [5.41, 5.74) is 0.665. The van der Waals surface area contributed by atoms with Crippen LogP contribution in [0.25, 0.3) is 11.5 Å². The Hall–Kier alpha value is -2.80. The molecule has 3 aromatic rings. The molecule has 4 heterocycles. The van der Waals surface area contributed by atoms with E-state index in [1.807, 2.05) is 53.9 Å². The first kappa shape index (κ1) is 14.8. The fraction of sp³-hybridized carbons (Fsp3) is 0.294. The Morgan fingerprint density at radius 1 is 1.12 bits per heavy atom. The van der Waals surface area contributed by atoms with Crippen LogP contribution in [0.4, 0.5) is 5.82 Å². The maximum Gasteiger partial charge on any atom is 0.180 e. The van der Waals surface area contributed by atoms with Crippen molar-refractivity contribution in [1.29, 1.82) is 0 Å². The maximum atomic E-state index is 10.8. The number of rotatable bonds is 3. The van der Waals surface area contributed by atoms with E-state index >= 15 is 0 Å². The van der Waals surface area contributed by atoms with Gasteiger partial charge >= 0.3 is 0 Å². The molecule has 0 amide bonds. The average Bonchev–Trinajstić information content (AvgIpc) is 2.99. The van der Waals surface area contributed by atoms with Crippen LogP contribution in [-0.2, 0) is 12.6 Å². The van der Waals surface area contributed by atoms with Crippen LogP contribution < -0.4 is 4.90 Å². The molecule has 0 atom stereocenters. The van der Waals surface area contributed by atoms with Crippen molar-refractivity contribution in [2.75, 3.05) is 18.0 Å². The summed E-state index contributed by atoms with van der Waals surface area (Å²) < 4.78 is 1.85. The third-order valence-electron chi connectivity index (χ3n) is 4.20. The van der Waals surface area contributed by atoms with Crippen molar-refractivity contribution < 1.29 is 5.11 Å². The number of aliphatic hydroxyl groups is 1. The number of aromatic nitrogens is 5. The van der Waals surface area contributed by atoms with Gasteiger partial charge in [-0.3, -0.25) is 4.98 Å². The van der Waals surface area contributed by atoms with Crippen molar-refractivity contribution >= 4 is 5.82 Å². The second-order valence-electron chi connectivity index (χ2n) is 6.16. The Balaban J connectivity index is 1.61. The van der Waals surface area contributed by atoms with Crippen molar-refractivity contribution in [2.45, 2.75) is 12.5 Å². The Labute approximate surface area is 139 Å². The highest BCUT2D eigenvalue weighted by Gasteiger charge is 2.46. The van der Waals surface area contributed by atoms with Gasteiger partial charge in [0, 0.05) is 37.4 Å². The minimum atomic E-state index is -0.942. The van der Waals surface area contributed by atoms with Gasteiger partial charge in [-0.2, -0.15) is 0 Å². The molecule has 0 saturated carbocycles. The molecular weight excluding hydrogens is 304 g/mol. The molecule has 1 fully saturated rings. The Morgan fingerprint density at radius 3 is 2.62 bits per heavy atom. The largest absolute Gasteiger partial charge is 0.378 e. The Bertz CT molecular complexity index is 870. The zero-order valence-corrected chi connectivity index (χ0v) is 13.6. The molecule has 0 aromatic carbocycles. The third kappa shape index (κ3) is 2.43. The maximum absolute atomic E-state index is 10.8. The van der Waals surface area contributed by atoms with Gasteiger partial charge < -0.3 is 14.6 Å². The molecule has 1 aliphatic heterocycles. The lowest BCUT2D eigenvalue weighted by Crippen LogP contribution is -2.61. The lowest BCUT2D eigenvalue weighted by Gasteiger charge is -2.46. The fourth-order valence-corrected chi connectivity index (χ4v) is 3.03. The van der Waals surface area contributed by atoms with Crippen LogP contribution in [0, 0.1) is 6.92 Å². The first-order valence-electron chi connectivity index (χ1n) is 7.77. The fourth-order valence-electron chi connectivity index (χ4n) is 3.03. The second-order valence-corrected chi connectivity index (χ2v) is 6.16. The lowest BCUT2D eigenvalue weighted by atomic mass is 9.93. The van der Waals surface area contributed by atoms with Crippen LogP contribution in [-0.4, -0.2) is 42.7 Å². The van der Waals surface area contributed by atoms with Crippen LogP contribution in [0.15, 0.2) is 42.9 Å². The van der Waals surface area contributed by atoms with E-state index in [9.17, 15) is 5.11 Å².